The van der Waals surface area contributed by atoms with Gasteiger partial charge in [0.15, 0.2) is 0 Å². The molecule has 8 heteroatoms. The van der Waals surface area contributed by atoms with Gasteiger partial charge in [0.2, 0.25) is 11.8 Å². The molecule has 0 aromatic carbocycles. The maximum atomic E-state index is 11.7. The molecule has 0 aromatic rings. The first-order valence-corrected chi connectivity index (χ1v) is 5.63. The molecule has 0 bridgehead atoms. The van der Waals surface area contributed by atoms with Gasteiger partial charge in [-0.3, -0.25) is 9.59 Å². The van der Waals surface area contributed by atoms with Crippen LogP contribution in [0, 0.1) is 0 Å². The number of carboxylic acids is 1. The van der Waals surface area contributed by atoms with Crippen molar-refractivity contribution in [2.75, 3.05) is 19.8 Å². The average molecular weight is 259 g/mol. The molecular weight excluding hydrogens is 242 g/mol. The largest absolute Gasteiger partial charge is 0.480 e. The summed E-state index contributed by atoms with van der Waals surface area (Å²) in [5.74, 6) is -2.25. The Balaban J connectivity index is 2.46. The van der Waals surface area contributed by atoms with E-state index in [-0.39, 0.29) is 19.4 Å². The number of hydrogen-bond donors (Lipinski definition) is 4. The number of ether oxygens (including phenoxy) is 1. The molecule has 2 amide bonds. The Bertz CT molecular complexity index is 327. The van der Waals surface area contributed by atoms with Crippen LogP contribution in [0.2, 0.25) is 0 Å². The smallest absolute Gasteiger partial charge is 0.326 e. The van der Waals surface area contributed by atoms with Crippen molar-refractivity contribution in [1.29, 1.82) is 0 Å². The molecule has 0 saturated carbocycles. The van der Waals surface area contributed by atoms with E-state index in [2.05, 4.69) is 10.6 Å². The van der Waals surface area contributed by atoms with Gasteiger partial charge in [0, 0.05) is 13.0 Å². The molecule has 102 valence electrons. The summed E-state index contributed by atoms with van der Waals surface area (Å²) < 4.78 is 5.10. The molecule has 8 nitrogen and oxygen atoms in total. The summed E-state index contributed by atoms with van der Waals surface area (Å²) in [6.07, 6.45) is -0.115. The minimum atomic E-state index is -1.19. The SMILES string of the molecule is NC(=O)CCC(NC(=O)C1COCCN1)C(=O)O. The van der Waals surface area contributed by atoms with Crippen molar-refractivity contribution in [1.82, 2.24) is 10.6 Å². The van der Waals surface area contributed by atoms with E-state index in [0.29, 0.717) is 13.2 Å². The molecule has 5 N–H and O–H groups in total. The van der Waals surface area contributed by atoms with Crippen molar-refractivity contribution < 1.29 is 24.2 Å². The minimum absolute atomic E-state index is 0.0238. The molecular formula is C10H17N3O5. The fourth-order valence-electron chi connectivity index (χ4n) is 1.55. The zero-order valence-electron chi connectivity index (χ0n) is 9.85. The van der Waals surface area contributed by atoms with Crippen LogP contribution in [-0.4, -0.2) is 54.7 Å². The number of carboxylic acid groups (broad SMARTS) is 1. The molecule has 1 aliphatic rings. The highest BCUT2D eigenvalue weighted by atomic mass is 16.5. The number of hydrogen-bond acceptors (Lipinski definition) is 5. The Morgan fingerprint density at radius 2 is 2.22 bits per heavy atom. The Morgan fingerprint density at radius 3 is 2.72 bits per heavy atom. The summed E-state index contributed by atoms with van der Waals surface area (Å²) in [6, 6.07) is -1.68. The second-order valence-corrected chi connectivity index (χ2v) is 3.99. The molecule has 1 heterocycles. The number of carbonyl (C=O) groups excluding carboxylic acids is 2. The number of morpholine rings is 1. The summed E-state index contributed by atoms with van der Waals surface area (Å²) in [7, 11) is 0. The van der Waals surface area contributed by atoms with Gasteiger partial charge in [-0.1, -0.05) is 0 Å². The summed E-state index contributed by atoms with van der Waals surface area (Å²) in [6.45, 7) is 1.26. The van der Waals surface area contributed by atoms with Crippen LogP contribution in [0.25, 0.3) is 0 Å². The monoisotopic (exact) mass is 259 g/mol. The van der Waals surface area contributed by atoms with Gasteiger partial charge in [-0.2, -0.15) is 0 Å². The minimum Gasteiger partial charge on any atom is -0.480 e. The van der Waals surface area contributed by atoms with Gasteiger partial charge < -0.3 is 26.2 Å². The molecule has 1 saturated heterocycles. The summed E-state index contributed by atoms with van der Waals surface area (Å²) in [5.41, 5.74) is 4.94. The second kappa shape index (κ2) is 6.92. The van der Waals surface area contributed by atoms with Gasteiger partial charge in [0.25, 0.3) is 0 Å². The van der Waals surface area contributed by atoms with E-state index in [9.17, 15) is 14.4 Å². The standard InChI is InChI=1S/C10H17N3O5/c11-8(14)2-1-6(10(16)17)13-9(15)7-5-18-4-3-12-7/h6-7,12H,1-5H2,(H2,11,14)(H,13,15)(H,16,17). The Hall–Kier alpha value is -1.67. The van der Waals surface area contributed by atoms with Crippen LogP contribution in [0.4, 0.5) is 0 Å². The van der Waals surface area contributed by atoms with Gasteiger partial charge in [-0.05, 0) is 6.42 Å². The van der Waals surface area contributed by atoms with Crippen LogP contribution in [-0.2, 0) is 19.1 Å². The average Bonchev–Trinajstić information content (AvgIpc) is 2.34. The molecule has 0 radical (unpaired) electrons. The summed E-state index contributed by atoms with van der Waals surface area (Å²) in [5, 5.41) is 14.2. The zero-order valence-corrected chi connectivity index (χ0v) is 9.85. The Labute approximate surface area is 104 Å². The third-order valence-corrected chi connectivity index (χ3v) is 2.53. The first-order chi connectivity index (χ1) is 8.50. The molecule has 1 fully saturated rings. The van der Waals surface area contributed by atoms with Crippen molar-refractivity contribution in [3.63, 3.8) is 0 Å². The molecule has 2 unspecified atom stereocenters. The highest BCUT2D eigenvalue weighted by molar-refractivity contribution is 5.87. The number of nitrogens with one attached hydrogen (secondary N) is 2. The normalized spacial score (nSPS) is 21.0. The number of aliphatic carboxylic acids is 1. The van der Waals surface area contributed by atoms with Crippen LogP contribution in [0.5, 0.6) is 0 Å². The first-order valence-electron chi connectivity index (χ1n) is 5.63. The fourth-order valence-corrected chi connectivity index (χ4v) is 1.55. The van der Waals surface area contributed by atoms with Gasteiger partial charge in [-0.25, -0.2) is 4.79 Å². The zero-order chi connectivity index (χ0) is 13.5. The lowest BCUT2D eigenvalue weighted by molar-refractivity contribution is -0.143. The van der Waals surface area contributed by atoms with Gasteiger partial charge >= 0.3 is 5.97 Å². The van der Waals surface area contributed by atoms with Crippen LogP contribution in [0.15, 0.2) is 0 Å². The predicted molar refractivity (Wildman–Crippen MR) is 60.6 cm³/mol. The Morgan fingerprint density at radius 1 is 1.50 bits per heavy atom. The third-order valence-electron chi connectivity index (χ3n) is 2.53. The molecule has 1 rings (SSSR count). The van der Waals surface area contributed by atoms with E-state index in [1.54, 1.807) is 0 Å². The maximum absolute atomic E-state index is 11.7. The van der Waals surface area contributed by atoms with Gasteiger partial charge in [-0.15, -0.1) is 0 Å². The Kier molecular flexibility index (Phi) is 5.53. The second-order valence-electron chi connectivity index (χ2n) is 3.99. The van der Waals surface area contributed by atoms with Crippen LogP contribution >= 0.6 is 0 Å². The highest BCUT2D eigenvalue weighted by Gasteiger charge is 2.26. The first kappa shape index (κ1) is 14.4. The number of amides is 2. The summed E-state index contributed by atoms with van der Waals surface area (Å²) >= 11 is 0. The van der Waals surface area contributed by atoms with Crippen molar-refractivity contribution >= 4 is 17.8 Å². The number of carbonyl (C=O) groups is 3. The van der Waals surface area contributed by atoms with Crippen LogP contribution < -0.4 is 16.4 Å². The lowest BCUT2D eigenvalue weighted by Crippen LogP contribution is -2.54. The topological polar surface area (TPSA) is 131 Å². The summed E-state index contributed by atoms with van der Waals surface area (Å²) in [4.78, 5) is 33.2. The van der Waals surface area contributed by atoms with Crippen LogP contribution in [0.1, 0.15) is 12.8 Å². The molecule has 1 aliphatic heterocycles. The quantitative estimate of drug-likeness (QED) is 0.428. The number of nitrogens with two attached hydrogens (primary N) is 1. The lowest BCUT2D eigenvalue weighted by Gasteiger charge is -2.24. The third kappa shape index (κ3) is 4.68. The number of primary amides is 1. The van der Waals surface area contributed by atoms with Gasteiger partial charge in [0.05, 0.1) is 13.2 Å². The molecule has 0 aliphatic carbocycles. The van der Waals surface area contributed by atoms with E-state index in [4.69, 9.17) is 15.6 Å². The van der Waals surface area contributed by atoms with Crippen molar-refractivity contribution in [2.24, 2.45) is 5.73 Å². The molecule has 0 spiro atoms. The van der Waals surface area contributed by atoms with Crippen molar-refractivity contribution in [2.45, 2.75) is 24.9 Å². The van der Waals surface area contributed by atoms with E-state index < -0.39 is 29.9 Å². The highest BCUT2D eigenvalue weighted by Crippen LogP contribution is 2.00. The number of rotatable bonds is 6. The lowest BCUT2D eigenvalue weighted by atomic mass is 10.1. The van der Waals surface area contributed by atoms with E-state index >= 15 is 0 Å². The maximum Gasteiger partial charge on any atom is 0.326 e. The van der Waals surface area contributed by atoms with E-state index in [1.807, 2.05) is 0 Å². The molecule has 18 heavy (non-hydrogen) atoms. The predicted octanol–water partition coefficient (Wildman–Crippen LogP) is -2.19. The van der Waals surface area contributed by atoms with Crippen molar-refractivity contribution in [3.05, 3.63) is 0 Å². The van der Waals surface area contributed by atoms with Gasteiger partial charge in [0.1, 0.15) is 12.1 Å². The van der Waals surface area contributed by atoms with Crippen LogP contribution in [0.3, 0.4) is 0 Å². The van der Waals surface area contributed by atoms with E-state index in [1.165, 1.54) is 0 Å². The molecule has 0 aromatic heterocycles. The molecule has 2 atom stereocenters. The van der Waals surface area contributed by atoms with Crippen molar-refractivity contribution in [3.8, 4) is 0 Å². The fraction of sp³-hybridized carbons (Fsp3) is 0.700. The van der Waals surface area contributed by atoms with E-state index in [0.717, 1.165) is 0 Å².